The molecule has 28 heavy (non-hydrogen) atoms. The quantitative estimate of drug-likeness (QED) is 0.614. The van der Waals surface area contributed by atoms with Crippen LogP contribution in [0, 0.1) is 0 Å². The molecule has 0 amide bonds. The first-order valence-corrected chi connectivity index (χ1v) is 11.0. The highest BCUT2D eigenvalue weighted by Crippen LogP contribution is 2.26. The van der Waals surface area contributed by atoms with Gasteiger partial charge in [-0.05, 0) is 38.8 Å². The van der Waals surface area contributed by atoms with Gasteiger partial charge in [0.1, 0.15) is 0 Å². The van der Waals surface area contributed by atoms with E-state index in [9.17, 15) is 0 Å². The molecule has 1 aliphatic heterocycles. The zero-order valence-electron chi connectivity index (χ0n) is 16.3. The Morgan fingerprint density at radius 1 is 1.25 bits per heavy atom. The Morgan fingerprint density at radius 2 is 2.00 bits per heavy atom. The number of halogens is 1. The SMILES string of the molecule is CC(C)OCCN1CCC(Nc2nn3cc(-c4ccc(Cl)cc4)nc3s2)CC1. The van der Waals surface area contributed by atoms with Gasteiger partial charge < -0.3 is 15.0 Å². The maximum absolute atomic E-state index is 5.96. The molecule has 1 aliphatic rings. The van der Waals surface area contributed by atoms with Crippen LogP contribution in [0.15, 0.2) is 30.5 Å². The van der Waals surface area contributed by atoms with Crippen molar-refractivity contribution in [1.82, 2.24) is 19.5 Å². The van der Waals surface area contributed by atoms with Crippen molar-refractivity contribution < 1.29 is 4.74 Å². The molecule has 6 nitrogen and oxygen atoms in total. The summed E-state index contributed by atoms with van der Waals surface area (Å²) in [6, 6.07) is 8.19. The van der Waals surface area contributed by atoms with Crippen LogP contribution in [0.25, 0.3) is 16.2 Å². The summed E-state index contributed by atoms with van der Waals surface area (Å²) < 4.78 is 7.51. The van der Waals surface area contributed by atoms with Crippen LogP contribution < -0.4 is 5.32 Å². The number of aromatic nitrogens is 3. The van der Waals surface area contributed by atoms with E-state index in [-0.39, 0.29) is 0 Å². The van der Waals surface area contributed by atoms with Gasteiger partial charge in [-0.2, -0.15) is 0 Å². The average Bonchev–Trinajstić information content (AvgIpc) is 3.22. The molecule has 3 aromatic rings. The molecule has 1 aromatic carbocycles. The highest BCUT2D eigenvalue weighted by Gasteiger charge is 2.20. The molecule has 0 aliphatic carbocycles. The third-order valence-corrected chi connectivity index (χ3v) is 6.06. The van der Waals surface area contributed by atoms with Crippen LogP contribution in [0.2, 0.25) is 5.02 Å². The first-order chi connectivity index (χ1) is 13.6. The van der Waals surface area contributed by atoms with Crippen LogP contribution in [0.3, 0.4) is 0 Å². The standard InChI is InChI=1S/C20H26ClN5OS/c1-14(2)27-12-11-25-9-7-17(8-10-25)22-19-24-26-13-18(23-20(26)28-19)15-3-5-16(21)6-4-15/h3-6,13-14,17H,7-12H2,1-2H3,(H,22,24). The molecular formula is C20H26ClN5OS. The number of fused-ring (bicyclic) bond motifs is 1. The van der Waals surface area contributed by atoms with Crippen molar-refractivity contribution in [2.24, 2.45) is 0 Å². The average molecular weight is 420 g/mol. The lowest BCUT2D eigenvalue weighted by Gasteiger charge is -2.32. The minimum atomic E-state index is 0.309. The minimum absolute atomic E-state index is 0.309. The molecule has 150 valence electrons. The number of anilines is 1. The Kier molecular flexibility index (Phi) is 6.16. The van der Waals surface area contributed by atoms with Crippen molar-refractivity contribution in [3.63, 3.8) is 0 Å². The Hall–Kier alpha value is -1.67. The lowest BCUT2D eigenvalue weighted by atomic mass is 10.1. The molecule has 0 unspecified atom stereocenters. The van der Waals surface area contributed by atoms with Crippen molar-refractivity contribution in [2.45, 2.75) is 38.8 Å². The minimum Gasteiger partial charge on any atom is -0.377 e. The molecule has 1 fully saturated rings. The van der Waals surface area contributed by atoms with Gasteiger partial charge in [-0.25, -0.2) is 9.50 Å². The summed E-state index contributed by atoms with van der Waals surface area (Å²) in [5, 5.41) is 9.92. The molecular weight excluding hydrogens is 394 g/mol. The topological polar surface area (TPSA) is 54.7 Å². The van der Waals surface area contributed by atoms with E-state index < -0.39 is 0 Å². The fourth-order valence-electron chi connectivity index (χ4n) is 3.41. The van der Waals surface area contributed by atoms with E-state index in [1.807, 2.05) is 35.0 Å². The number of ether oxygens (including phenoxy) is 1. The van der Waals surface area contributed by atoms with E-state index in [0.717, 1.165) is 65.5 Å². The molecule has 0 saturated carbocycles. The van der Waals surface area contributed by atoms with Crippen LogP contribution in [0.5, 0.6) is 0 Å². The zero-order chi connectivity index (χ0) is 19.5. The lowest BCUT2D eigenvalue weighted by molar-refractivity contribution is 0.0543. The maximum Gasteiger partial charge on any atom is 0.214 e. The van der Waals surface area contributed by atoms with Crippen molar-refractivity contribution in [3.05, 3.63) is 35.5 Å². The van der Waals surface area contributed by atoms with E-state index in [1.54, 1.807) is 11.3 Å². The molecule has 8 heteroatoms. The van der Waals surface area contributed by atoms with Gasteiger partial charge in [0.05, 0.1) is 24.6 Å². The Labute approximate surface area is 174 Å². The van der Waals surface area contributed by atoms with E-state index in [4.69, 9.17) is 21.3 Å². The van der Waals surface area contributed by atoms with Gasteiger partial charge in [0.2, 0.25) is 10.1 Å². The van der Waals surface area contributed by atoms with E-state index in [2.05, 4.69) is 29.2 Å². The third kappa shape index (κ3) is 4.84. The van der Waals surface area contributed by atoms with Gasteiger partial charge in [0.25, 0.3) is 0 Å². The van der Waals surface area contributed by atoms with Crippen molar-refractivity contribution in [1.29, 1.82) is 0 Å². The molecule has 0 radical (unpaired) electrons. The van der Waals surface area contributed by atoms with E-state index in [0.29, 0.717) is 12.1 Å². The summed E-state index contributed by atoms with van der Waals surface area (Å²) in [5.41, 5.74) is 1.96. The Morgan fingerprint density at radius 3 is 2.68 bits per heavy atom. The van der Waals surface area contributed by atoms with Crippen molar-refractivity contribution >= 4 is 33.0 Å². The molecule has 3 heterocycles. The van der Waals surface area contributed by atoms with Crippen LogP contribution in [-0.4, -0.2) is 57.9 Å². The Bertz CT molecular complexity index is 868. The molecule has 1 saturated heterocycles. The number of likely N-dealkylation sites (tertiary alicyclic amines) is 1. The number of nitrogens with one attached hydrogen (secondary N) is 1. The maximum atomic E-state index is 5.96. The van der Waals surface area contributed by atoms with Gasteiger partial charge in [-0.1, -0.05) is 35.1 Å². The molecule has 4 rings (SSSR count). The molecule has 0 atom stereocenters. The number of hydrogen-bond acceptors (Lipinski definition) is 6. The number of benzene rings is 1. The monoisotopic (exact) mass is 419 g/mol. The largest absolute Gasteiger partial charge is 0.377 e. The van der Waals surface area contributed by atoms with Crippen molar-refractivity contribution in [3.8, 4) is 11.3 Å². The molecule has 0 bridgehead atoms. The van der Waals surface area contributed by atoms with Gasteiger partial charge in [0, 0.05) is 36.3 Å². The van der Waals surface area contributed by atoms with E-state index in [1.165, 1.54) is 0 Å². The van der Waals surface area contributed by atoms with Crippen LogP contribution >= 0.6 is 22.9 Å². The van der Waals surface area contributed by atoms with Crippen LogP contribution in [-0.2, 0) is 4.74 Å². The van der Waals surface area contributed by atoms with Crippen molar-refractivity contribution in [2.75, 3.05) is 31.6 Å². The normalized spacial score (nSPS) is 16.3. The fraction of sp³-hybridized carbons (Fsp3) is 0.500. The van der Waals surface area contributed by atoms with Gasteiger partial charge >= 0.3 is 0 Å². The number of imidazole rings is 1. The molecule has 2 aromatic heterocycles. The lowest BCUT2D eigenvalue weighted by Crippen LogP contribution is -2.40. The summed E-state index contributed by atoms with van der Waals surface area (Å²) in [4.78, 5) is 8.08. The predicted molar refractivity (Wildman–Crippen MR) is 115 cm³/mol. The van der Waals surface area contributed by atoms with Gasteiger partial charge in [0.15, 0.2) is 0 Å². The van der Waals surface area contributed by atoms with Crippen LogP contribution in [0.4, 0.5) is 5.13 Å². The number of piperidine rings is 1. The summed E-state index contributed by atoms with van der Waals surface area (Å²) in [5.74, 6) is 0. The Balaban J connectivity index is 1.31. The predicted octanol–water partition coefficient (Wildman–Crippen LogP) is 4.41. The highest BCUT2D eigenvalue weighted by molar-refractivity contribution is 7.20. The second kappa shape index (κ2) is 8.78. The first kappa shape index (κ1) is 19.6. The summed E-state index contributed by atoms with van der Waals surface area (Å²) in [6.07, 6.45) is 4.53. The zero-order valence-corrected chi connectivity index (χ0v) is 17.8. The van der Waals surface area contributed by atoms with E-state index >= 15 is 0 Å². The summed E-state index contributed by atoms with van der Waals surface area (Å²) in [7, 11) is 0. The third-order valence-electron chi connectivity index (χ3n) is 4.96. The van der Waals surface area contributed by atoms with Gasteiger partial charge in [-0.15, -0.1) is 5.10 Å². The molecule has 0 spiro atoms. The summed E-state index contributed by atoms with van der Waals surface area (Å²) in [6.45, 7) is 8.20. The second-order valence-corrected chi connectivity index (χ2v) is 8.84. The molecule has 1 N–H and O–H groups in total. The number of rotatable bonds is 7. The number of hydrogen-bond donors (Lipinski definition) is 1. The fourth-order valence-corrected chi connectivity index (χ4v) is 4.40. The van der Waals surface area contributed by atoms with Gasteiger partial charge in [-0.3, -0.25) is 0 Å². The second-order valence-electron chi connectivity index (χ2n) is 7.45. The number of nitrogens with zero attached hydrogens (tertiary/aromatic N) is 4. The van der Waals surface area contributed by atoms with Crippen LogP contribution in [0.1, 0.15) is 26.7 Å². The smallest absolute Gasteiger partial charge is 0.214 e. The summed E-state index contributed by atoms with van der Waals surface area (Å²) >= 11 is 7.56. The highest BCUT2D eigenvalue weighted by atomic mass is 35.5. The first-order valence-electron chi connectivity index (χ1n) is 9.79.